The molecule has 0 radical (unpaired) electrons. The third-order valence-electron chi connectivity index (χ3n) is 4.56. The Morgan fingerprint density at radius 2 is 2.03 bits per heavy atom. The van der Waals surface area contributed by atoms with Gasteiger partial charge in [-0.15, -0.1) is 11.3 Å². The lowest BCUT2D eigenvalue weighted by molar-refractivity contribution is 0.159. The molecule has 10 nitrogen and oxygen atoms in total. The largest absolute Gasteiger partial charge is 0.449 e. The van der Waals surface area contributed by atoms with E-state index in [1.807, 2.05) is 18.4 Å². The molecule has 3 rings (SSSR count). The lowest BCUT2D eigenvalue weighted by Gasteiger charge is -2.16. The fourth-order valence-corrected chi connectivity index (χ4v) is 4.79. The number of hydrogen-bond acceptors (Lipinski definition) is 10. The molecule has 0 spiro atoms. The number of carbonyl (C=O) groups excluding carboxylic acids is 1. The smallest absolute Gasteiger partial charge is 0.418 e. The van der Waals surface area contributed by atoms with Crippen LogP contribution in [-0.2, 0) is 21.1 Å². The molecule has 3 aromatic rings. The molecule has 34 heavy (non-hydrogen) atoms. The minimum absolute atomic E-state index is 0.0578. The Bertz CT molecular complexity index is 1230. The first-order valence-corrected chi connectivity index (χ1v) is 13.0. The van der Waals surface area contributed by atoms with E-state index in [-0.39, 0.29) is 25.9 Å². The Kier molecular flexibility index (Phi) is 8.45. The number of aliphatic hydroxyl groups excluding tert-OH is 2. The quantitative estimate of drug-likeness (QED) is 0.262. The van der Waals surface area contributed by atoms with Gasteiger partial charge in [-0.1, -0.05) is 0 Å². The zero-order valence-electron chi connectivity index (χ0n) is 18.8. The van der Waals surface area contributed by atoms with Crippen molar-refractivity contribution < 1.29 is 24.0 Å². The van der Waals surface area contributed by atoms with Gasteiger partial charge in [0.05, 0.1) is 35.1 Å². The summed E-state index contributed by atoms with van der Waals surface area (Å²) < 4.78 is 19.7. The van der Waals surface area contributed by atoms with E-state index in [1.165, 1.54) is 11.3 Å². The van der Waals surface area contributed by atoms with Crippen LogP contribution in [0.25, 0.3) is 10.4 Å². The van der Waals surface area contributed by atoms with Gasteiger partial charge in [0.1, 0.15) is 5.82 Å². The predicted octanol–water partition coefficient (Wildman–Crippen LogP) is 2.97. The second-order valence-corrected chi connectivity index (χ2v) is 10.2. The van der Waals surface area contributed by atoms with Gasteiger partial charge in [0.2, 0.25) is 5.95 Å². The van der Waals surface area contributed by atoms with Gasteiger partial charge in [0.15, 0.2) is 0 Å². The average Bonchev–Trinajstić information content (AvgIpc) is 3.28. The number of anilines is 3. The van der Waals surface area contributed by atoms with E-state index >= 15 is 0 Å². The number of carbonyl (C=O) groups is 1. The summed E-state index contributed by atoms with van der Waals surface area (Å²) in [5.41, 5.74) is 2.17. The number of ether oxygens (including phenoxy) is 1. The van der Waals surface area contributed by atoms with Crippen molar-refractivity contribution in [2.75, 3.05) is 23.8 Å². The van der Waals surface area contributed by atoms with Crippen LogP contribution in [0, 0.1) is 0 Å². The fraction of sp³-hybridized carbons (Fsp3) is 0.273. The molecule has 2 heterocycles. The lowest BCUT2D eigenvalue weighted by Crippen LogP contribution is -2.30. The molecule has 0 aliphatic rings. The van der Waals surface area contributed by atoms with E-state index in [2.05, 4.69) is 31.2 Å². The van der Waals surface area contributed by atoms with Gasteiger partial charge in [-0.05, 0) is 61.0 Å². The summed E-state index contributed by atoms with van der Waals surface area (Å²) in [6.45, 7) is 3.50. The van der Waals surface area contributed by atoms with Crippen molar-refractivity contribution in [3.8, 4) is 10.4 Å². The molecule has 0 saturated heterocycles. The first-order valence-electron chi connectivity index (χ1n) is 10.4. The molecule has 2 atom stereocenters. The summed E-state index contributed by atoms with van der Waals surface area (Å²) in [4.78, 5) is 21.8. The van der Waals surface area contributed by atoms with E-state index in [0.29, 0.717) is 22.3 Å². The molecule has 182 valence electrons. The molecular weight excluding hydrogens is 478 g/mol. The van der Waals surface area contributed by atoms with Crippen LogP contribution in [0.1, 0.15) is 19.4 Å². The second-order valence-electron chi connectivity index (χ2n) is 7.31. The number of nitrogens with zero attached hydrogens (tertiary/aromatic N) is 2. The van der Waals surface area contributed by atoms with Gasteiger partial charge in [0.25, 0.3) is 0 Å². The zero-order valence-corrected chi connectivity index (χ0v) is 20.4. The maximum absolute atomic E-state index is 12.7. The maximum Gasteiger partial charge on any atom is 0.418 e. The summed E-state index contributed by atoms with van der Waals surface area (Å²) in [5.74, 6) is 4.43. The van der Waals surface area contributed by atoms with E-state index in [1.54, 1.807) is 37.4 Å². The van der Waals surface area contributed by atoms with Crippen molar-refractivity contribution >= 4 is 50.5 Å². The average molecular weight is 506 g/mol. The SMILES string of the molecule is C=S(=O)(NC(=O)OCC)c1ccc(Nc2ncc(-c3cc(CO)cs3)c(N[C@H](C)CO)n2)cc1. The summed E-state index contributed by atoms with van der Waals surface area (Å²) in [6, 6.07) is 8.11. The summed E-state index contributed by atoms with van der Waals surface area (Å²) >= 11 is 1.46. The standard InChI is InChI=1S/C22H27N5O5S2/c1-4-32-22(30)27-34(3,31)17-7-5-16(6-8-17)25-21-23-10-18(19-9-15(12-29)13-33-19)20(26-21)24-14(2)11-28/h5-10,13-14,28-29H,3-4,11-12H2,1-2H3,(H,27,30,31)(H2,23,24,25,26)/t14-,34?/m1/s1. The molecule has 12 heteroatoms. The van der Waals surface area contributed by atoms with E-state index < -0.39 is 15.8 Å². The molecule has 0 aliphatic heterocycles. The highest BCUT2D eigenvalue weighted by Gasteiger charge is 2.15. The van der Waals surface area contributed by atoms with Gasteiger partial charge in [-0.25, -0.2) is 18.7 Å². The number of rotatable bonds is 10. The fourth-order valence-electron chi connectivity index (χ4n) is 2.85. The molecule has 0 bridgehead atoms. The second kappa shape index (κ2) is 11.3. The van der Waals surface area contributed by atoms with Crippen molar-refractivity contribution in [3.05, 3.63) is 47.5 Å². The third-order valence-corrected chi connectivity index (χ3v) is 7.10. The number of benzene rings is 1. The van der Waals surface area contributed by atoms with Crippen LogP contribution in [0.4, 0.5) is 22.2 Å². The van der Waals surface area contributed by atoms with E-state index in [0.717, 1.165) is 16.0 Å². The van der Waals surface area contributed by atoms with Crippen molar-refractivity contribution in [1.82, 2.24) is 14.7 Å². The van der Waals surface area contributed by atoms with Gasteiger partial charge in [-0.3, -0.25) is 0 Å². The van der Waals surface area contributed by atoms with Gasteiger partial charge in [0, 0.05) is 27.7 Å². The molecule has 1 unspecified atom stereocenters. The number of aliphatic hydroxyl groups is 2. The van der Waals surface area contributed by atoms with Gasteiger partial charge >= 0.3 is 6.09 Å². The first-order chi connectivity index (χ1) is 16.2. The summed E-state index contributed by atoms with van der Waals surface area (Å²) in [6.07, 6.45) is 0.863. The van der Waals surface area contributed by atoms with E-state index in [9.17, 15) is 19.2 Å². The maximum atomic E-state index is 12.7. The predicted molar refractivity (Wildman–Crippen MR) is 135 cm³/mol. The molecule has 0 saturated carbocycles. The normalized spacial score (nSPS) is 13.5. The third kappa shape index (κ3) is 6.44. The highest BCUT2D eigenvalue weighted by molar-refractivity contribution is 7.99. The van der Waals surface area contributed by atoms with Crippen molar-refractivity contribution in [2.45, 2.75) is 31.4 Å². The van der Waals surface area contributed by atoms with Crippen molar-refractivity contribution in [3.63, 3.8) is 0 Å². The first kappa shape index (κ1) is 25.4. The Morgan fingerprint density at radius 1 is 1.29 bits per heavy atom. The number of aromatic nitrogens is 2. The monoisotopic (exact) mass is 505 g/mol. The van der Waals surface area contributed by atoms with Crippen LogP contribution in [0.5, 0.6) is 0 Å². The van der Waals surface area contributed by atoms with E-state index in [4.69, 9.17) is 4.74 Å². The highest BCUT2D eigenvalue weighted by atomic mass is 32.2. The van der Waals surface area contributed by atoms with Crippen LogP contribution in [0.15, 0.2) is 46.8 Å². The number of amides is 1. The minimum atomic E-state index is -3.06. The molecule has 1 amide bonds. The Balaban J connectivity index is 1.82. The molecule has 1 aromatic carbocycles. The Labute approximate surface area is 202 Å². The zero-order chi connectivity index (χ0) is 24.7. The molecular formula is C22H27N5O5S2. The lowest BCUT2D eigenvalue weighted by atomic mass is 10.2. The Hall–Kier alpha value is -3.19. The van der Waals surface area contributed by atoms with Crippen molar-refractivity contribution in [1.29, 1.82) is 0 Å². The molecule has 0 fully saturated rings. The Morgan fingerprint density at radius 3 is 2.65 bits per heavy atom. The van der Waals surface area contributed by atoms with Crippen LogP contribution in [0.3, 0.4) is 0 Å². The molecule has 5 N–H and O–H groups in total. The van der Waals surface area contributed by atoms with Crippen LogP contribution < -0.4 is 15.4 Å². The van der Waals surface area contributed by atoms with Crippen LogP contribution in [-0.4, -0.2) is 55.6 Å². The van der Waals surface area contributed by atoms with Gasteiger partial charge < -0.3 is 25.6 Å². The number of nitrogens with one attached hydrogen (secondary N) is 3. The topological polar surface area (TPSA) is 146 Å². The summed E-state index contributed by atoms with van der Waals surface area (Å²) in [7, 11) is -3.06. The minimum Gasteiger partial charge on any atom is -0.449 e. The number of hydrogen-bond donors (Lipinski definition) is 5. The van der Waals surface area contributed by atoms with Crippen molar-refractivity contribution in [2.24, 2.45) is 0 Å². The van der Waals surface area contributed by atoms with Gasteiger partial charge in [-0.2, -0.15) is 4.98 Å². The van der Waals surface area contributed by atoms with Crippen LogP contribution >= 0.6 is 11.3 Å². The highest BCUT2D eigenvalue weighted by Crippen LogP contribution is 2.33. The number of thiophene rings is 1. The molecule has 0 aliphatic carbocycles. The summed E-state index contributed by atoms with van der Waals surface area (Å²) in [5, 5.41) is 26.9. The molecule has 2 aromatic heterocycles. The van der Waals surface area contributed by atoms with Crippen LogP contribution in [0.2, 0.25) is 0 Å².